The lowest BCUT2D eigenvalue weighted by atomic mass is 10.1. The number of aromatic carboxylic acids is 1. The number of carbonyl (C=O) groups is 2. The minimum absolute atomic E-state index is 0.0113. The van der Waals surface area contributed by atoms with E-state index in [9.17, 15) is 9.59 Å². The maximum Gasteiger partial charge on any atom is 0.354 e. The quantitative estimate of drug-likeness (QED) is 0.147. The Balaban J connectivity index is 0.000000179. The number of imidazole rings is 2. The molecule has 0 spiro atoms. The number of anilines is 1. The summed E-state index contributed by atoms with van der Waals surface area (Å²) in [7, 11) is 0. The molecule has 0 saturated heterocycles. The van der Waals surface area contributed by atoms with Gasteiger partial charge >= 0.3 is 5.97 Å². The second-order valence-electron chi connectivity index (χ2n) is 14.5. The lowest BCUT2D eigenvalue weighted by molar-refractivity contribution is 0.0690. The van der Waals surface area contributed by atoms with E-state index in [0.29, 0.717) is 59.4 Å². The SMILES string of the molecule is CC(C)Oc1cnc(C(=O)Nc2cccc3c2OCCn2cnnc2-3)cc1-n1cnc(C2CC2)c1.CC(C)Oc1cnc(C(=O)O)cc1-n1cnc(C2CC2)c1. The van der Waals surface area contributed by atoms with Crippen molar-refractivity contribution < 1.29 is 28.9 Å². The number of amides is 1. The first-order valence-corrected chi connectivity index (χ1v) is 18.7. The van der Waals surface area contributed by atoms with E-state index in [2.05, 4.69) is 35.5 Å². The lowest BCUT2D eigenvalue weighted by Crippen LogP contribution is -2.16. The maximum atomic E-state index is 13.3. The first-order chi connectivity index (χ1) is 27.1. The van der Waals surface area contributed by atoms with Crippen LogP contribution in [0.3, 0.4) is 0 Å². The number of ether oxygens (including phenoxy) is 3. The van der Waals surface area contributed by atoms with Crippen molar-refractivity contribution in [2.75, 3.05) is 11.9 Å². The molecule has 2 N–H and O–H groups in total. The van der Waals surface area contributed by atoms with E-state index in [0.717, 1.165) is 35.5 Å². The van der Waals surface area contributed by atoms with Crippen LogP contribution in [0.25, 0.3) is 22.8 Å². The number of fused-ring (bicyclic) bond motifs is 3. The van der Waals surface area contributed by atoms with Crippen molar-refractivity contribution in [2.24, 2.45) is 0 Å². The minimum atomic E-state index is -1.06. The van der Waals surface area contributed by atoms with Gasteiger partial charge < -0.3 is 38.3 Å². The van der Waals surface area contributed by atoms with Crippen molar-refractivity contribution in [3.8, 4) is 40.0 Å². The summed E-state index contributed by atoms with van der Waals surface area (Å²) in [5.41, 5.74) is 5.03. The van der Waals surface area contributed by atoms with Gasteiger partial charge in [0, 0.05) is 24.2 Å². The number of carboxylic acids is 1. The van der Waals surface area contributed by atoms with Crippen molar-refractivity contribution in [3.63, 3.8) is 0 Å². The summed E-state index contributed by atoms with van der Waals surface area (Å²) in [6.45, 7) is 8.81. The molecule has 0 atom stereocenters. The molecule has 5 aromatic heterocycles. The van der Waals surface area contributed by atoms with Gasteiger partial charge in [0.2, 0.25) is 0 Å². The summed E-state index contributed by atoms with van der Waals surface area (Å²) < 4.78 is 23.3. The van der Waals surface area contributed by atoms with E-state index in [4.69, 9.17) is 19.3 Å². The van der Waals surface area contributed by atoms with Crippen molar-refractivity contribution in [2.45, 2.75) is 84.0 Å². The fourth-order valence-corrected chi connectivity index (χ4v) is 6.34. The highest BCUT2D eigenvalue weighted by molar-refractivity contribution is 6.04. The average Bonchev–Trinajstić information content (AvgIpc) is 4.07. The van der Waals surface area contributed by atoms with Gasteiger partial charge in [-0.1, -0.05) is 6.07 Å². The number of carboxylic acid groups (broad SMARTS) is 1. The molecule has 1 amide bonds. The number of hydrogen-bond donors (Lipinski definition) is 2. The van der Waals surface area contributed by atoms with Crippen LogP contribution in [0.15, 0.2) is 74.1 Å². The predicted octanol–water partition coefficient (Wildman–Crippen LogP) is 6.47. The number of nitrogens with zero attached hydrogens (tertiary/aromatic N) is 9. The zero-order valence-corrected chi connectivity index (χ0v) is 31.5. The number of para-hydroxylation sites is 1. The highest BCUT2D eigenvalue weighted by Crippen LogP contribution is 2.41. The van der Waals surface area contributed by atoms with E-state index in [1.807, 2.05) is 61.4 Å². The van der Waals surface area contributed by atoms with Gasteiger partial charge in [-0.05, 0) is 77.6 Å². The normalized spacial score (nSPS) is 14.5. The summed E-state index contributed by atoms with van der Waals surface area (Å²) >= 11 is 0. The molecule has 9 rings (SSSR count). The Kier molecular flexibility index (Phi) is 9.93. The summed E-state index contributed by atoms with van der Waals surface area (Å²) in [6, 6.07) is 8.80. The third-order valence-electron chi connectivity index (χ3n) is 9.32. The Bertz CT molecular complexity index is 2390. The van der Waals surface area contributed by atoms with E-state index in [1.165, 1.54) is 25.1 Å². The van der Waals surface area contributed by atoms with Crippen LogP contribution in [0.2, 0.25) is 0 Å². The van der Waals surface area contributed by atoms with Crippen LogP contribution in [0.1, 0.15) is 97.6 Å². The van der Waals surface area contributed by atoms with Crippen LogP contribution in [0, 0.1) is 0 Å². The third kappa shape index (κ3) is 7.94. The van der Waals surface area contributed by atoms with E-state index in [-0.39, 0.29) is 29.5 Å². The molecule has 16 nitrogen and oxygen atoms in total. The molecule has 2 aliphatic carbocycles. The Labute approximate surface area is 322 Å². The van der Waals surface area contributed by atoms with Crippen LogP contribution < -0.4 is 19.5 Å². The van der Waals surface area contributed by atoms with Crippen LogP contribution in [0.5, 0.6) is 17.2 Å². The molecule has 288 valence electrons. The number of nitrogens with one attached hydrogen (secondary N) is 1. The van der Waals surface area contributed by atoms with Crippen LogP contribution >= 0.6 is 0 Å². The summed E-state index contributed by atoms with van der Waals surface area (Å²) in [5.74, 6) is 2.06. The standard InChI is InChI=1S/C25H25N7O3.C15H17N3O3/c1-15(2)35-22-11-26-19(10-21(22)32-12-20(27-13-32)16-6-7-16)25(33)29-18-5-3-4-17-23(18)34-9-8-31-14-28-30-24(17)31;1-9(2)21-14-6-16-11(15(19)20)5-13(14)18-7-12(17-8-18)10-3-4-10/h3-5,10-16H,6-9H2,1-2H3,(H,29,33);5-10H,3-4H2,1-2H3,(H,19,20). The smallest absolute Gasteiger partial charge is 0.354 e. The zero-order valence-electron chi connectivity index (χ0n) is 31.5. The average molecular weight is 759 g/mol. The third-order valence-corrected chi connectivity index (χ3v) is 9.32. The number of pyridine rings is 2. The largest absolute Gasteiger partial charge is 0.489 e. The number of rotatable bonds is 11. The van der Waals surface area contributed by atoms with Crippen molar-refractivity contribution in [3.05, 3.63) is 96.9 Å². The van der Waals surface area contributed by atoms with Crippen LogP contribution in [-0.2, 0) is 6.54 Å². The van der Waals surface area contributed by atoms with Crippen molar-refractivity contribution in [1.29, 1.82) is 0 Å². The molecule has 1 aliphatic heterocycles. The fourth-order valence-electron chi connectivity index (χ4n) is 6.34. The number of aromatic nitrogens is 9. The molecular formula is C40H42N10O6. The van der Waals surface area contributed by atoms with Crippen molar-refractivity contribution in [1.82, 2.24) is 43.8 Å². The second kappa shape index (κ2) is 15.3. The Morgan fingerprint density at radius 2 is 1.41 bits per heavy atom. The van der Waals surface area contributed by atoms with Crippen LogP contribution in [0.4, 0.5) is 5.69 Å². The molecule has 0 radical (unpaired) electrons. The summed E-state index contributed by atoms with van der Waals surface area (Å²) in [4.78, 5) is 41.6. The van der Waals surface area contributed by atoms with Gasteiger partial charge in [-0.2, -0.15) is 0 Å². The minimum Gasteiger partial charge on any atom is -0.489 e. The molecule has 3 aliphatic rings. The van der Waals surface area contributed by atoms with Gasteiger partial charge in [-0.15, -0.1) is 10.2 Å². The van der Waals surface area contributed by atoms with Gasteiger partial charge in [0.05, 0.1) is 77.8 Å². The number of carbonyl (C=O) groups excluding carboxylic acids is 1. The van der Waals surface area contributed by atoms with Crippen molar-refractivity contribution >= 4 is 17.6 Å². The Morgan fingerprint density at radius 1 is 0.821 bits per heavy atom. The number of hydrogen-bond acceptors (Lipinski definition) is 11. The maximum absolute atomic E-state index is 13.3. The van der Waals surface area contributed by atoms with Gasteiger partial charge in [0.25, 0.3) is 5.91 Å². The second-order valence-corrected chi connectivity index (χ2v) is 14.5. The van der Waals surface area contributed by atoms with Gasteiger partial charge in [-0.25, -0.2) is 24.7 Å². The monoisotopic (exact) mass is 758 g/mol. The molecule has 16 heteroatoms. The van der Waals surface area contributed by atoms with E-state index in [1.54, 1.807) is 41.9 Å². The van der Waals surface area contributed by atoms with E-state index >= 15 is 0 Å². The molecule has 56 heavy (non-hydrogen) atoms. The Morgan fingerprint density at radius 3 is 1.98 bits per heavy atom. The zero-order chi connectivity index (χ0) is 38.9. The van der Waals surface area contributed by atoms with Crippen LogP contribution in [-0.4, -0.2) is 79.6 Å². The summed E-state index contributed by atoms with van der Waals surface area (Å²) in [6.07, 6.45) is 16.7. The summed E-state index contributed by atoms with van der Waals surface area (Å²) in [5, 5.41) is 20.3. The van der Waals surface area contributed by atoms with E-state index < -0.39 is 5.97 Å². The highest BCUT2D eigenvalue weighted by atomic mass is 16.5. The number of benzene rings is 1. The van der Waals surface area contributed by atoms with Gasteiger partial charge in [0.1, 0.15) is 18.6 Å². The topological polar surface area (TPSA) is 186 Å². The highest BCUT2D eigenvalue weighted by Gasteiger charge is 2.28. The Hall–Kier alpha value is -6.58. The first-order valence-electron chi connectivity index (χ1n) is 18.7. The molecule has 2 fully saturated rings. The fraction of sp³-hybridized carbons (Fsp3) is 0.350. The molecule has 6 heterocycles. The molecule has 6 aromatic rings. The van der Waals surface area contributed by atoms with Gasteiger partial charge in [0.15, 0.2) is 28.8 Å². The molecule has 2 saturated carbocycles. The van der Waals surface area contributed by atoms with Gasteiger partial charge in [-0.3, -0.25) is 4.79 Å². The predicted molar refractivity (Wildman–Crippen MR) is 204 cm³/mol. The molecule has 0 unspecified atom stereocenters. The molecular weight excluding hydrogens is 717 g/mol. The molecule has 1 aromatic carbocycles. The first kappa shape index (κ1) is 36.4. The lowest BCUT2D eigenvalue weighted by Gasteiger charge is -2.16. The molecule has 0 bridgehead atoms.